The lowest BCUT2D eigenvalue weighted by molar-refractivity contribution is 0.0958. The molecule has 0 aliphatic carbocycles. The summed E-state index contributed by atoms with van der Waals surface area (Å²) in [7, 11) is 1.54. The molecule has 3 amide bonds. The molecule has 2 aromatic carbocycles. The Bertz CT molecular complexity index is 1110. The van der Waals surface area contributed by atoms with Crippen LogP contribution in [0.4, 0.5) is 21.9 Å². The van der Waals surface area contributed by atoms with Gasteiger partial charge in [-0.15, -0.1) is 0 Å². The highest BCUT2D eigenvalue weighted by Crippen LogP contribution is 2.27. The zero-order valence-corrected chi connectivity index (χ0v) is 18.3. The molecule has 4 rings (SSSR count). The lowest BCUT2D eigenvalue weighted by Gasteiger charge is -2.31. The third kappa shape index (κ3) is 5.78. The minimum atomic E-state index is -0.324. The highest BCUT2D eigenvalue weighted by Gasteiger charge is 2.15. The Kier molecular flexibility index (Phi) is 7.01. The number of anilines is 3. The lowest BCUT2D eigenvalue weighted by atomic mass is 10.2. The van der Waals surface area contributed by atoms with Crippen LogP contribution in [0.15, 0.2) is 66.9 Å². The number of carbonyl (C=O) groups is 2. The van der Waals surface area contributed by atoms with E-state index in [-0.39, 0.29) is 17.6 Å². The number of hydrogen-bond acceptors (Lipinski definition) is 6. The van der Waals surface area contributed by atoms with Crippen molar-refractivity contribution >= 4 is 29.0 Å². The number of benzene rings is 2. The second-order valence-electron chi connectivity index (χ2n) is 7.42. The summed E-state index contributed by atoms with van der Waals surface area (Å²) in [6, 6.07) is 17.7. The van der Waals surface area contributed by atoms with Crippen LogP contribution in [-0.2, 0) is 0 Å². The van der Waals surface area contributed by atoms with Crippen LogP contribution >= 0.6 is 0 Å². The van der Waals surface area contributed by atoms with Gasteiger partial charge in [-0.1, -0.05) is 12.1 Å². The monoisotopic (exact) mass is 446 g/mol. The number of aromatic nitrogens is 1. The Morgan fingerprint density at radius 3 is 2.48 bits per heavy atom. The summed E-state index contributed by atoms with van der Waals surface area (Å²) in [6.45, 7) is 3.62. The molecule has 2 heterocycles. The van der Waals surface area contributed by atoms with Crippen molar-refractivity contribution in [2.75, 3.05) is 48.8 Å². The van der Waals surface area contributed by atoms with Gasteiger partial charge >= 0.3 is 6.03 Å². The molecule has 0 atom stereocenters. The Morgan fingerprint density at radius 1 is 0.970 bits per heavy atom. The maximum Gasteiger partial charge on any atom is 0.323 e. The third-order valence-corrected chi connectivity index (χ3v) is 5.15. The Labute approximate surface area is 192 Å². The molecule has 0 bridgehead atoms. The van der Waals surface area contributed by atoms with Crippen molar-refractivity contribution in [1.82, 2.24) is 15.6 Å². The highest BCUT2D eigenvalue weighted by atomic mass is 16.5. The number of ether oxygens (including phenoxy) is 1. The fourth-order valence-corrected chi connectivity index (χ4v) is 3.51. The van der Waals surface area contributed by atoms with Gasteiger partial charge in [-0.3, -0.25) is 9.78 Å². The Morgan fingerprint density at radius 2 is 1.73 bits per heavy atom. The number of nitrogens with zero attached hydrogens (tertiary/aromatic N) is 2. The van der Waals surface area contributed by atoms with Crippen LogP contribution in [0.5, 0.6) is 11.5 Å². The van der Waals surface area contributed by atoms with Crippen molar-refractivity contribution in [3.63, 3.8) is 0 Å². The minimum absolute atomic E-state index is 0.269. The molecule has 1 aliphatic rings. The number of nitrogens with one attached hydrogen (secondary N) is 4. The van der Waals surface area contributed by atoms with E-state index in [0.717, 1.165) is 37.6 Å². The predicted molar refractivity (Wildman–Crippen MR) is 128 cm³/mol. The van der Waals surface area contributed by atoms with E-state index in [4.69, 9.17) is 4.74 Å². The third-order valence-electron chi connectivity index (χ3n) is 5.15. The molecule has 1 aliphatic heterocycles. The summed E-state index contributed by atoms with van der Waals surface area (Å²) in [5, 5.41) is 11.7. The van der Waals surface area contributed by atoms with E-state index in [1.165, 1.54) is 6.20 Å². The van der Waals surface area contributed by atoms with E-state index in [0.29, 0.717) is 17.2 Å². The summed E-state index contributed by atoms with van der Waals surface area (Å²) < 4.78 is 5.79. The van der Waals surface area contributed by atoms with Crippen LogP contribution in [0.2, 0.25) is 0 Å². The molecular weight excluding hydrogens is 420 g/mol. The van der Waals surface area contributed by atoms with E-state index in [9.17, 15) is 9.59 Å². The Hall–Kier alpha value is -4.11. The van der Waals surface area contributed by atoms with Crippen molar-refractivity contribution in [3.05, 3.63) is 72.6 Å². The van der Waals surface area contributed by atoms with Gasteiger partial charge in [0.25, 0.3) is 5.91 Å². The van der Waals surface area contributed by atoms with E-state index >= 15 is 0 Å². The SMILES string of the molecule is CNC(=O)c1cc(Oc2ccc(NC(=O)Nc3ccccc3N3CCNCC3)cc2)ccn1. The molecule has 9 nitrogen and oxygen atoms in total. The number of amides is 3. The summed E-state index contributed by atoms with van der Waals surface area (Å²) in [5.74, 6) is 0.773. The number of rotatable bonds is 6. The van der Waals surface area contributed by atoms with Crippen molar-refractivity contribution in [2.24, 2.45) is 0 Å². The minimum Gasteiger partial charge on any atom is -0.457 e. The van der Waals surface area contributed by atoms with Crippen LogP contribution in [0, 0.1) is 0 Å². The van der Waals surface area contributed by atoms with Gasteiger partial charge < -0.3 is 30.9 Å². The number of urea groups is 1. The number of piperazine rings is 1. The van der Waals surface area contributed by atoms with Crippen molar-refractivity contribution in [2.45, 2.75) is 0 Å². The molecule has 4 N–H and O–H groups in total. The zero-order chi connectivity index (χ0) is 23.0. The van der Waals surface area contributed by atoms with E-state index < -0.39 is 0 Å². The van der Waals surface area contributed by atoms with Crippen LogP contribution in [0.1, 0.15) is 10.5 Å². The maximum atomic E-state index is 12.6. The van der Waals surface area contributed by atoms with E-state index in [1.54, 1.807) is 43.4 Å². The van der Waals surface area contributed by atoms with Gasteiger partial charge in [0.05, 0.1) is 11.4 Å². The largest absolute Gasteiger partial charge is 0.457 e. The summed E-state index contributed by atoms with van der Waals surface area (Å²) >= 11 is 0. The average Bonchev–Trinajstić information content (AvgIpc) is 2.86. The first-order valence-corrected chi connectivity index (χ1v) is 10.7. The van der Waals surface area contributed by atoms with Crippen molar-refractivity contribution < 1.29 is 14.3 Å². The smallest absolute Gasteiger partial charge is 0.323 e. The summed E-state index contributed by atoms with van der Waals surface area (Å²) in [4.78, 5) is 30.6. The number of para-hydroxylation sites is 2. The van der Waals surface area contributed by atoms with Crippen LogP contribution in [-0.4, -0.2) is 50.1 Å². The second-order valence-corrected chi connectivity index (χ2v) is 7.42. The lowest BCUT2D eigenvalue weighted by Crippen LogP contribution is -2.43. The highest BCUT2D eigenvalue weighted by molar-refractivity contribution is 6.01. The number of carbonyl (C=O) groups excluding carboxylic acids is 2. The van der Waals surface area contributed by atoms with Gasteiger partial charge in [0, 0.05) is 51.2 Å². The topological polar surface area (TPSA) is 108 Å². The first-order valence-electron chi connectivity index (χ1n) is 10.7. The molecule has 0 saturated carbocycles. The van der Waals surface area contributed by atoms with Gasteiger partial charge in [-0.25, -0.2) is 4.79 Å². The normalized spacial score (nSPS) is 13.2. The van der Waals surface area contributed by atoms with Gasteiger partial charge in [0.2, 0.25) is 0 Å². The quantitative estimate of drug-likeness (QED) is 0.463. The molecular formula is C24H26N6O3. The van der Waals surface area contributed by atoms with Gasteiger partial charge in [0.1, 0.15) is 17.2 Å². The molecule has 9 heteroatoms. The van der Waals surface area contributed by atoms with Crippen molar-refractivity contribution in [3.8, 4) is 11.5 Å². The molecule has 1 fully saturated rings. The molecule has 0 radical (unpaired) electrons. The average molecular weight is 447 g/mol. The first-order chi connectivity index (χ1) is 16.1. The van der Waals surface area contributed by atoms with Gasteiger partial charge in [-0.2, -0.15) is 0 Å². The summed E-state index contributed by atoms with van der Waals surface area (Å²) in [6.07, 6.45) is 1.51. The predicted octanol–water partition coefficient (Wildman–Crippen LogP) is 3.29. The number of pyridine rings is 1. The standard InChI is InChI=1S/C24H26N6O3/c1-25-23(31)21-16-19(10-11-27-21)33-18-8-6-17(7-9-18)28-24(32)29-20-4-2-3-5-22(20)30-14-12-26-13-15-30/h2-11,16,26H,12-15H2,1H3,(H,25,31)(H2,28,29,32). The molecule has 3 aromatic rings. The summed E-state index contributed by atoms with van der Waals surface area (Å²) in [5.41, 5.74) is 2.67. The van der Waals surface area contributed by atoms with Gasteiger partial charge in [-0.05, 0) is 42.5 Å². The fourth-order valence-electron chi connectivity index (χ4n) is 3.51. The molecule has 1 aromatic heterocycles. The molecule has 0 unspecified atom stereocenters. The van der Waals surface area contributed by atoms with Crippen LogP contribution in [0.25, 0.3) is 0 Å². The molecule has 0 spiro atoms. The maximum absolute atomic E-state index is 12.6. The van der Waals surface area contributed by atoms with Crippen LogP contribution < -0.4 is 30.9 Å². The van der Waals surface area contributed by atoms with Crippen molar-refractivity contribution in [1.29, 1.82) is 0 Å². The van der Waals surface area contributed by atoms with Gasteiger partial charge in [0.15, 0.2) is 0 Å². The molecule has 170 valence electrons. The Balaban J connectivity index is 1.37. The first kappa shape index (κ1) is 22.1. The molecule has 1 saturated heterocycles. The molecule has 33 heavy (non-hydrogen) atoms. The van der Waals surface area contributed by atoms with E-state index in [1.807, 2.05) is 24.3 Å². The van der Waals surface area contributed by atoms with E-state index in [2.05, 4.69) is 31.2 Å². The fraction of sp³-hybridized carbons (Fsp3) is 0.208. The van der Waals surface area contributed by atoms with Crippen LogP contribution in [0.3, 0.4) is 0 Å². The zero-order valence-electron chi connectivity index (χ0n) is 18.3. The number of hydrogen-bond donors (Lipinski definition) is 4. The second kappa shape index (κ2) is 10.5.